The molecule has 4 nitrogen and oxygen atoms in total. The first-order valence-corrected chi connectivity index (χ1v) is 5.19. The van der Waals surface area contributed by atoms with Crippen LogP contribution in [0.2, 0.25) is 0 Å². The number of halogens is 3. The third-order valence-electron chi connectivity index (χ3n) is 1.87. The van der Waals surface area contributed by atoms with E-state index < -0.39 is 18.6 Å². The SMILES string of the molecule is CCOc1cc(NC(C)CC(F)(F)F)ncn1. The molecule has 1 rings (SSSR count). The average Bonchev–Trinajstić information content (AvgIpc) is 2.15. The standard InChI is InChI=1S/C10H14F3N3O/c1-3-17-9-4-8(14-6-15-9)16-7(2)5-10(11,12)13/h4,6-7H,3,5H2,1-2H3,(H,14,15,16). The average molecular weight is 249 g/mol. The molecule has 0 aliphatic rings. The minimum atomic E-state index is -4.19. The van der Waals surface area contributed by atoms with Gasteiger partial charge < -0.3 is 10.1 Å². The number of hydrogen-bond donors (Lipinski definition) is 1. The van der Waals surface area contributed by atoms with E-state index in [1.165, 1.54) is 19.3 Å². The lowest BCUT2D eigenvalue weighted by Crippen LogP contribution is -2.24. The maximum absolute atomic E-state index is 12.1. The summed E-state index contributed by atoms with van der Waals surface area (Å²) in [6, 6.07) is 0.718. The van der Waals surface area contributed by atoms with Crippen molar-refractivity contribution in [3.63, 3.8) is 0 Å². The molecule has 17 heavy (non-hydrogen) atoms. The van der Waals surface area contributed by atoms with Crippen LogP contribution in [0.5, 0.6) is 5.88 Å². The molecule has 1 N–H and O–H groups in total. The number of aromatic nitrogens is 2. The number of nitrogens with zero attached hydrogens (tertiary/aromatic N) is 2. The largest absolute Gasteiger partial charge is 0.478 e. The van der Waals surface area contributed by atoms with Gasteiger partial charge in [-0.05, 0) is 13.8 Å². The van der Waals surface area contributed by atoms with Crippen LogP contribution >= 0.6 is 0 Å². The van der Waals surface area contributed by atoms with Gasteiger partial charge in [0, 0.05) is 12.1 Å². The molecule has 0 amide bonds. The van der Waals surface area contributed by atoms with Crippen molar-refractivity contribution in [2.24, 2.45) is 0 Å². The Labute approximate surface area is 97.2 Å². The highest BCUT2D eigenvalue weighted by molar-refractivity contribution is 5.37. The van der Waals surface area contributed by atoms with Crippen LogP contribution < -0.4 is 10.1 Å². The van der Waals surface area contributed by atoms with Crippen molar-refractivity contribution in [3.05, 3.63) is 12.4 Å². The summed E-state index contributed by atoms with van der Waals surface area (Å²) in [7, 11) is 0. The molecule has 0 saturated carbocycles. The lowest BCUT2D eigenvalue weighted by molar-refractivity contribution is -0.136. The van der Waals surface area contributed by atoms with Crippen molar-refractivity contribution < 1.29 is 17.9 Å². The minimum Gasteiger partial charge on any atom is -0.478 e. The lowest BCUT2D eigenvalue weighted by Gasteiger charge is -2.16. The molecular weight excluding hydrogens is 235 g/mol. The fourth-order valence-electron chi connectivity index (χ4n) is 1.30. The Hall–Kier alpha value is -1.53. The summed E-state index contributed by atoms with van der Waals surface area (Å²) in [5.41, 5.74) is 0. The Morgan fingerprint density at radius 2 is 2.12 bits per heavy atom. The monoisotopic (exact) mass is 249 g/mol. The molecule has 1 heterocycles. The first kappa shape index (κ1) is 13.5. The Morgan fingerprint density at radius 3 is 2.71 bits per heavy atom. The number of rotatable bonds is 5. The van der Waals surface area contributed by atoms with Gasteiger partial charge in [0.2, 0.25) is 5.88 Å². The topological polar surface area (TPSA) is 47.0 Å². The van der Waals surface area contributed by atoms with Crippen molar-refractivity contribution in [1.29, 1.82) is 0 Å². The van der Waals surface area contributed by atoms with Gasteiger partial charge in [0.1, 0.15) is 12.1 Å². The molecule has 96 valence electrons. The maximum Gasteiger partial charge on any atom is 0.391 e. The Bertz CT molecular complexity index is 357. The number of ether oxygens (including phenoxy) is 1. The summed E-state index contributed by atoms with van der Waals surface area (Å²) < 4.78 is 41.4. The van der Waals surface area contributed by atoms with Gasteiger partial charge in [-0.2, -0.15) is 13.2 Å². The van der Waals surface area contributed by atoms with E-state index in [9.17, 15) is 13.2 Å². The van der Waals surface area contributed by atoms with Crippen LogP contribution in [0.4, 0.5) is 19.0 Å². The molecule has 1 atom stereocenters. The van der Waals surface area contributed by atoms with Crippen LogP contribution in [0.15, 0.2) is 12.4 Å². The zero-order valence-corrected chi connectivity index (χ0v) is 9.58. The molecule has 0 saturated heterocycles. The molecule has 0 radical (unpaired) electrons. The Morgan fingerprint density at radius 1 is 1.41 bits per heavy atom. The zero-order chi connectivity index (χ0) is 12.9. The summed E-state index contributed by atoms with van der Waals surface area (Å²) in [6.07, 6.45) is -3.86. The van der Waals surface area contributed by atoms with Gasteiger partial charge in [-0.25, -0.2) is 9.97 Å². The van der Waals surface area contributed by atoms with E-state index in [0.717, 1.165) is 0 Å². The third-order valence-corrected chi connectivity index (χ3v) is 1.87. The van der Waals surface area contributed by atoms with Crippen LogP contribution in [-0.2, 0) is 0 Å². The van der Waals surface area contributed by atoms with Crippen molar-refractivity contribution in [1.82, 2.24) is 9.97 Å². The van der Waals surface area contributed by atoms with E-state index >= 15 is 0 Å². The number of nitrogens with one attached hydrogen (secondary N) is 1. The summed E-state index contributed by atoms with van der Waals surface area (Å²) in [4.78, 5) is 7.64. The van der Waals surface area contributed by atoms with Crippen LogP contribution in [-0.4, -0.2) is 28.8 Å². The van der Waals surface area contributed by atoms with Crippen LogP contribution in [0, 0.1) is 0 Å². The van der Waals surface area contributed by atoms with E-state index in [-0.39, 0.29) is 0 Å². The van der Waals surface area contributed by atoms with Crippen LogP contribution in [0.25, 0.3) is 0 Å². The highest BCUT2D eigenvalue weighted by Gasteiger charge is 2.30. The smallest absolute Gasteiger partial charge is 0.391 e. The lowest BCUT2D eigenvalue weighted by atomic mass is 10.2. The van der Waals surface area contributed by atoms with Crippen LogP contribution in [0.3, 0.4) is 0 Å². The van der Waals surface area contributed by atoms with E-state index in [1.807, 2.05) is 0 Å². The van der Waals surface area contributed by atoms with Gasteiger partial charge in [0.05, 0.1) is 13.0 Å². The third kappa shape index (κ3) is 5.37. The molecule has 0 aliphatic carbocycles. The molecular formula is C10H14F3N3O. The fourth-order valence-corrected chi connectivity index (χ4v) is 1.30. The highest BCUT2D eigenvalue weighted by atomic mass is 19.4. The molecule has 1 aromatic rings. The fraction of sp³-hybridized carbons (Fsp3) is 0.600. The summed E-state index contributed by atoms with van der Waals surface area (Å²) in [6.45, 7) is 3.67. The molecule has 7 heteroatoms. The predicted octanol–water partition coefficient (Wildman–Crippen LogP) is 2.63. The second-order valence-electron chi connectivity index (χ2n) is 3.54. The van der Waals surface area contributed by atoms with E-state index in [1.54, 1.807) is 6.92 Å². The summed E-state index contributed by atoms with van der Waals surface area (Å²) in [5.74, 6) is 0.657. The Kier molecular flexibility index (Phi) is 4.53. The first-order chi connectivity index (χ1) is 7.90. The van der Waals surface area contributed by atoms with Crippen LogP contribution in [0.1, 0.15) is 20.3 Å². The zero-order valence-electron chi connectivity index (χ0n) is 9.58. The molecule has 0 aromatic carbocycles. The summed E-state index contributed by atoms with van der Waals surface area (Å²) >= 11 is 0. The number of hydrogen-bond acceptors (Lipinski definition) is 4. The first-order valence-electron chi connectivity index (χ1n) is 5.19. The molecule has 0 fully saturated rings. The van der Waals surface area contributed by atoms with Crippen molar-refractivity contribution in [3.8, 4) is 5.88 Å². The van der Waals surface area contributed by atoms with Gasteiger partial charge in [-0.3, -0.25) is 0 Å². The highest BCUT2D eigenvalue weighted by Crippen LogP contribution is 2.23. The number of alkyl halides is 3. The molecule has 0 bridgehead atoms. The second-order valence-corrected chi connectivity index (χ2v) is 3.54. The van der Waals surface area contributed by atoms with Gasteiger partial charge in [0.25, 0.3) is 0 Å². The van der Waals surface area contributed by atoms with Gasteiger partial charge >= 0.3 is 6.18 Å². The van der Waals surface area contributed by atoms with Crippen molar-refractivity contribution in [2.45, 2.75) is 32.5 Å². The molecule has 0 spiro atoms. The quantitative estimate of drug-likeness (QED) is 0.871. The van der Waals surface area contributed by atoms with E-state index in [0.29, 0.717) is 18.3 Å². The Balaban J connectivity index is 2.58. The van der Waals surface area contributed by atoms with Gasteiger partial charge in [0.15, 0.2) is 0 Å². The normalized spacial score (nSPS) is 13.2. The van der Waals surface area contributed by atoms with E-state index in [2.05, 4.69) is 15.3 Å². The molecule has 0 aliphatic heterocycles. The summed E-state index contributed by atoms with van der Waals surface area (Å²) in [5, 5.41) is 2.65. The van der Waals surface area contributed by atoms with Gasteiger partial charge in [-0.15, -0.1) is 0 Å². The van der Waals surface area contributed by atoms with E-state index in [4.69, 9.17) is 4.74 Å². The second kappa shape index (κ2) is 5.70. The predicted molar refractivity (Wildman–Crippen MR) is 57.0 cm³/mol. The molecule has 1 unspecified atom stereocenters. The number of anilines is 1. The van der Waals surface area contributed by atoms with Crippen molar-refractivity contribution in [2.75, 3.05) is 11.9 Å². The van der Waals surface area contributed by atoms with Gasteiger partial charge in [-0.1, -0.05) is 0 Å². The molecule has 1 aromatic heterocycles. The van der Waals surface area contributed by atoms with Crippen molar-refractivity contribution >= 4 is 5.82 Å². The maximum atomic E-state index is 12.1. The minimum absolute atomic E-state index is 0.320.